The molecule has 1 aliphatic rings. The minimum absolute atomic E-state index is 0.180. The van der Waals surface area contributed by atoms with Crippen molar-refractivity contribution in [2.75, 3.05) is 12.1 Å². The Labute approximate surface area is 183 Å². The SMILES string of the molecule is Cc1cc(C)cc(C(=O)Nc2cc(C)nn2-c2nc(-c3ccc4c(c3)OCO4)cs2)c1. The fourth-order valence-electron chi connectivity index (χ4n) is 3.58. The molecule has 8 heteroatoms. The lowest BCUT2D eigenvalue weighted by atomic mass is 10.1. The van der Waals surface area contributed by atoms with Crippen molar-refractivity contribution in [1.29, 1.82) is 0 Å². The van der Waals surface area contributed by atoms with Crippen LogP contribution in [0.5, 0.6) is 11.5 Å². The van der Waals surface area contributed by atoms with Crippen molar-refractivity contribution in [1.82, 2.24) is 14.8 Å². The molecule has 0 unspecified atom stereocenters. The number of hydrogen-bond acceptors (Lipinski definition) is 6. The van der Waals surface area contributed by atoms with Gasteiger partial charge in [0.15, 0.2) is 11.5 Å². The molecule has 0 radical (unpaired) electrons. The molecule has 0 aliphatic carbocycles. The maximum atomic E-state index is 12.9. The molecule has 0 bridgehead atoms. The van der Waals surface area contributed by atoms with Gasteiger partial charge in [-0.2, -0.15) is 9.78 Å². The summed E-state index contributed by atoms with van der Waals surface area (Å²) in [5, 5.41) is 10.1. The minimum Gasteiger partial charge on any atom is -0.454 e. The van der Waals surface area contributed by atoms with E-state index in [1.54, 1.807) is 4.68 Å². The number of nitrogens with zero attached hydrogens (tertiary/aromatic N) is 3. The van der Waals surface area contributed by atoms with Gasteiger partial charge in [-0.05, 0) is 51.1 Å². The molecule has 7 nitrogen and oxygen atoms in total. The third-order valence-electron chi connectivity index (χ3n) is 4.90. The molecule has 2 aromatic heterocycles. The van der Waals surface area contributed by atoms with Gasteiger partial charge in [-0.15, -0.1) is 11.3 Å². The zero-order chi connectivity index (χ0) is 21.5. The van der Waals surface area contributed by atoms with Crippen molar-refractivity contribution < 1.29 is 14.3 Å². The zero-order valence-corrected chi connectivity index (χ0v) is 18.1. The molecule has 31 heavy (non-hydrogen) atoms. The van der Waals surface area contributed by atoms with Crippen LogP contribution in [0.1, 0.15) is 27.2 Å². The Morgan fingerprint density at radius 1 is 1.03 bits per heavy atom. The monoisotopic (exact) mass is 432 g/mol. The molecule has 5 rings (SSSR count). The highest BCUT2D eigenvalue weighted by molar-refractivity contribution is 7.12. The van der Waals surface area contributed by atoms with Gasteiger partial charge in [0.05, 0.1) is 11.4 Å². The van der Waals surface area contributed by atoms with Crippen LogP contribution in [0.25, 0.3) is 16.4 Å². The number of fused-ring (bicyclic) bond motifs is 1. The van der Waals surface area contributed by atoms with E-state index >= 15 is 0 Å². The van der Waals surface area contributed by atoms with Gasteiger partial charge in [-0.1, -0.05) is 17.2 Å². The quantitative estimate of drug-likeness (QED) is 0.496. The first-order chi connectivity index (χ1) is 15.0. The fraction of sp³-hybridized carbons (Fsp3) is 0.174. The molecule has 1 aliphatic heterocycles. The first-order valence-corrected chi connectivity index (χ1v) is 10.7. The average molecular weight is 433 g/mol. The van der Waals surface area contributed by atoms with Gasteiger partial charge in [-0.3, -0.25) is 4.79 Å². The van der Waals surface area contributed by atoms with Crippen LogP contribution in [0.2, 0.25) is 0 Å². The van der Waals surface area contributed by atoms with Gasteiger partial charge in [0.2, 0.25) is 11.9 Å². The second kappa shape index (κ2) is 7.55. The van der Waals surface area contributed by atoms with Crippen LogP contribution < -0.4 is 14.8 Å². The van der Waals surface area contributed by atoms with Gasteiger partial charge in [0.1, 0.15) is 5.82 Å². The second-order valence-corrected chi connectivity index (χ2v) is 8.33. The Morgan fingerprint density at radius 3 is 2.61 bits per heavy atom. The first kappa shape index (κ1) is 19.3. The number of hydrogen-bond donors (Lipinski definition) is 1. The van der Waals surface area contributed by atoms with E-state index in [-0.39, 0.29) is 12.7 Å². The molecule has 1 amide bonds. The van der Waals surface area contributed by atoms with Crippen molar-refractivity contribution in [2.24, 2.45) is 0 Å². The van der Waals surface area contributed by atoms with Crippen LogP contribution in [0.4, 0.5) is 5.82 Å². The van der Waals surface area contributed by atoms with E-state index in [0.717, 1.165) is 33.8 Å². The molecule has 0 atom stereocenters. The summed E-state index contributed by atoms with van der Waals surface area (Å²) in [4.78, 5) is 17.6. The smallest absolute Gasteiger partial charge is 0.256 e. The zero-order valence-electron chi connectivity index (χ0n) is 17.3. The summed E-state index contributed by atoms with van der Waals surface area (Å²) in [5.41, 5.74) is 5.22. The van der Waals surface area contributed by atoms with Crippen molar-refractivity contribution in [3.8, 4) is 27.9 Å². The van der Waals surface area contributed by atoms with Gasteiger partial charge in [-0.25, -0.2) is 4.98 Å². The molecule has 0 saturated heterocycles. The Morgan fingerprint density at radius 2 is 1.81 bits per heavy atom. The molecule has 0 saturated carbocycles. The van der Waals surface area contributed by atoms with Gasteiger partial charge >= 0.3 is 0 Å². The van der Waals surface area contributed by atoms with Gasteiger partial charge < -0.3 is 14.8 Å². The number of thiazole rings is 1. The summed E-state index contributed by atoms with van der Waals surface area (Å²) in [5.74, 6) is 1.84. The van der Waals surface area contributed by atoms with E-state index in [1.807, 2.05) is 68.6 Å². The highest BCUT2D eigenvalue weighted by Gasteiger charge is 2.18. The van der Waals surface area contributed by atoms with Crippen LogP contribution in [-0.2, 0) is 0 Å². The van der Waals surface area contributed by atoms with Crippen molar-refractivity contribution in [3.63, 3.8) is 0 Å². The Balaban J connectivity index is 1.44. The van der Waals surface area contributed by atoms with Crippen molar-refractivity contribution in [2.45, 2.75) is 20.8 Å². The van der Waals surface area contributed by atoms with E-state index in [1.165, 1.54) is 11.3 Å². The number of anilines is 1. The summed E-state index contributed by atoms with van der Waals surface area (Å²) >= 11 is 1.45. The Hall–Kier alpha value is -3.65. The number of amides is 1. The second-order valence-electron chi connectivity index (χ2n) is 7.50. The number of carbonyl (C=O) groups excluding carboxylic acids is 1. The number of rotatable bonds is 4. The number of aromatic nitrogens is 3. The molecule has 3 heterocycles. The Bertz CT molecular complexity index is 1290. The number of ether oxygens (including phenoxy) is 2. The number of benzene rings is 2. The van der Waals surface area contributed by atoms with E-state index in [0.29, 0.717) is 22.3 Å². The predicted octanol–water partition coefficient (Wildman–Crippen LogP) is 4.90. The summed E-state index contributed by atoms with van der Waals surface area (Å²) in [6.07, 6.45) is 0. The van der Waals surface area contributed by atoms with Gasteiger partial charge in [0.25, 0.3) is 5.91 Å². The van der Waals surface area contributed by atoms with Crippen LogP contribution in [0, 0.1) is 20.8 Å². The van der Waals surface area contributed by atoms with Crippen molar-refractivity contribution >= 4 is 23.1 Å². The maximum absolute atomic E-state index is 12.9. The molecule has 1 N–H and O–H groups in total. The van der Waals surface area contributed by atoms with Crippen LogP contribution >= 0.6 is 11.3 Å². The minimum atomic E-state index is -0.180. The highest BCUT2D eigenvalue weighted by Crippen LogP contribution is 2.36. The summed E-state index contributed by atoms with van der Waals surface area (Å²) in [6, 6.07) is 13.4. The van der Waals surface area contributed by atoms with Gasteiger partial charge in [0, 0.05) is 22.6 Å². The largest absolute Gasteiger partial charge is 0.454 e. The first-order valence-electron chi connectivity index (χ1n) is 9.78. The molecule has 4 aromatic rings. The Kier molecular flexibility index (Phi) is 4.71. The third kappa shape index (κ3) is 3.77. The summed E-state index contributed by atoms with van der Waals surface area (Å²) < 4.78 is 12.5. The number of carbonyl (C=O) groups is 1. The lowest BCUT2D eigenvalue weighted by Crippen LogP contribution is -2.15. The number of nitrogens with one attached hydrogen (secondary N) is 1. The lowest BCUT2D eigenvalue weighted by Gasteiger charge is -2.08. The number of aryl methyl sites for hydroxylation is 3. The lowest BCUT2D eigenvalue weighted by molar-refractivity contribution is 0.102. The molecule has 156 valence electrons. The third-order valence-corrected chi connectivity index (χ3v) is 5.71. The average Bonchev–Trinajstić information content (AvgIpc) is 3.45. The fourth-order valence-corrected chi connectivity index (χ4v) is 4.37. The maximum Gasteiger partial charge on any atom is 0.256 e. The van der Waals surface area contributed by atoms with Crippen LogP contribution in [0.15, 0.2) is 47.8 Å². The predicted molar refractivity (Wildman–Crippen MR) is 119 cm³/mol. The van der Waals surface area contributed by atoms with E-state index in [9.17, 15) is 4.79 Å². The molecular formula is C23H20N4O3S. The highest BCUT2D eigenvalue weighted by atomic mass is 32.1. The standard InChI is InChI=1S/C23H20N4O3S/c1-13-6-14(2)8-17(7-13)22(28)25-21-9-15(3)26-27(21)23-24-18(11-31-23)16-4-5-19-20(10-16)30-12-29-19/h4-11H,12H2,1-3H3,(H,25,28). The van der Waals surface area contributed by atoms with E-state index in [2.05, 4.69) is 10.4 Å². The summed E-state index contributed by atoms with van der Waals surface area (Å²) in [6.45, 7) is 6.07. The molecule has 0 spiro atoms. The molecular weight excluding hydrogens is 412 g/mol. The van der Waals surface area contributed by atoms with E-state index < -0.39 is 0 Å². The van der Waals surface area contributed by atoms with Crippen LogP contribution in [-0.4, -0.2) is 27.5 Å². The molecule has 0 fully saturated rings. The van der Waals surface area contributed by atoms with Crippen molar-refractivity contribution in [3.05, 3.63) is 70.2 Å². The van der Waals surface area contributed by atoms with E-state index in [4.69, 9.17) is 14.5 Å². The normalized spacial score (nSPS) is 12.2. The van der Waals surface area contributed by atoms with Crippen LogP contribution in [0.3, 0.4) is 0 Å². The topological polar surface area (TPSA) is 78.3 Å². The summed E-state index contributed by atoms with van der Waals surface area (Å²) in [7, 11) is 0. The molecule has 2 aromatic carbocycles.